The molecule has 1 amide bonds. The van der Waals surface area contributed by atoms with E-state index in [9.17, 15) is 4.79 Å². The van der Waals surface area contributed by atoms with Crippen LogP contribution >= 0.6 is 11.5 Å². The van der Waals surface area contributed by atoms with Crippen molar-refractivity contribution in [3.63, 3.8) is 0 Å². The molecule has 1 aliphatic rings. The second kappa shape index (κ2) is 9.74. The van der Waals surface area contributed by atoms with E-state index in [1.54, 1.807) is 12.4 Å². The molecule has 0 spiro atoms. The van der Waals surface area contributed by atoms with E-state index in [-0.39, 0.29) is 12.5 Å². The van der Waals surface area contributed by atoms with Gasteiger partial charge in [-0.25, -0.2) is 4.98 Å². The van der Waals surface area contributed by atoms with Crippen molar-refractivity contribution in [3.8, 4) is 22.6 Å². The Morgan fingerprint density at radius 1 is 0.917 bits per heavy atom. The van der Waals surface area contributed by atoms with Crippen LogP contribution in [0.1, 0.15) is 0 Å². The van der Waals surface area contributed by atoms with Gasteiger partial charge in [-0.1, -0.05) is 60.7 Å². The van der Waals surface area contributed by atoms with Gasteiger partial charge in [0.15, 0.2) is 11.5 Å². The van der Waals surface area contributed by atoms with Crippen molar-refractivity contribution >= 4 is 34.0 Å². The Labute approximate surface area is 212 Å². The number of anilines is 2. The van der Waals surface area contributed by atoms with Gasteiger partial charge in [0.05, 0.1) is 12.7 Å². The summed E-state index contributed by atoms with van der Waals surface area (Å²) >= 11 is 1.40. The summed E-state index contributed by atoms with van der Waals surface area (Å²) in [6.45, 7) is 2.93. The molecule has 6 rings (SSSR count). The Morgan fingerprint density at radius 2 is 1.64 bits per heavy atom. The minimum absolute atomic E-state index is 0.0555. The van der Waals surface area contributed by atoms with Crippen LogP contribution in [0.4, 0.5) is 10.9 Å². The fraction of sp³-hybridized carbons (Fsp3) is 0.192. The quantitative estimate of drug-likeness (QED) is 0.383. The number of hydrogen-bond acceptors (Lipinski definition) is 8. The maximum Gasteiger partial charge on any atom is 0.242 e. The Hall–Kier alpha value is -4.31. The summed E-state index contributed by atoms with van der Waals surface area (Å²) in [4.78, 5) is 30.8. The van der Waals surface area contributed by atoms with Crippen LogP contribution in [0.3, 0.4) is 0 Å². The summed E-state index contributed by atoms with van der Waals surface area (Å²) in [6.07, 6.45) is 5.29. The van der Waals surface area contributed by atoms with E-state index in [1.165, 1.54) is 11.5 Å². The number of carbonyl (C=O) groups excluding carboxylic acids is 1. The van der Waals surface area contributed by atoms with Gasteiger partial charge in [0, 0.05) is 61.2 Å². The minimum atomic E-state index is 0.0555. The normalized spacial score (nSPS) is 13.8. The van der Waals surface area contributed by atoms with E-state index in [4.69, 9.17) is 9.97 Å². The maximum absolute atomic E-state index is 13.1. The van der Waals surface area contributed by atoms with E-state index in [0.29, 0.717) is 13.1 Å². The average molecular weight is 497 g/mol. The number of hydrogen-bond donors (Lipinski definition) is 1. The molecule has 0 atom stereocenters. The molecular formula is C26H24N8OS. The van der Waals surface area contributed by atoms with Crippen molar-refractivity contribution in [2.45, 2.75) is 0 Å². The lowest BCUT2D eigenvalue weighted by atomic mass is 10.1. The van der Waals surface area contributed by atoms with Gasteiger partial charge in [-0.15, -0.1) is 0 Å². The SMILES string of the molecule is O=C(CNc1c(-c2ccccc2)nc2cnccn12)N1CCN(c2nc(-c3ccccc3)ns2)CC1. The van der Waals surface area contributed by atoms with E-state index in [0.717, 1.165) is 52.3 Å². The summed E-state index contributed by atoms with van der Waals surface area (Å²) in [5.41, 5.74) is 3.52. The van der Waals surface area contributed by atoms with Crippen molar-refractivity contribution in [2.24, 2.45) is 0 Å². The Bertz CT molecular complexity index is 1480. The van der Waals surface area contributed by atoms with Crippen molar-refractivity contribution in [1.29, 1.82) is 0 Å². The molecule has 10 heteroatoms. The van der Waals surface area contributed by atoms with Crippen molar-refractivity contribution in [3.05, 3.63) is 79.3 Å². The minimum Gasteiger partial charge on any atom is -0.360 e. The molecule has 4 heterocycles. The number of carbonyl (C=O) groups is 1. The van der Waals surface area contributed by atoms with Gasteiger partial charge in [0.1, 0.15) is 11.5 Å². The molecule has 1 aliphatic heterocycles. The highest BCUT2D eigenvalue weighted by Gasteiger charge is 2.24. The molecule has 0 radical (unpaired) electrons. The number of piperazine rings is 1. The fourth-order valence-corrected chi connectivity index (χ4v) is 5.08. The predicted molar refractivity (Wildman–Crippen MR) is 141 cm³/mol. The lowest BCUT2D eigenvalue weighted by Crippen LogP contribution is -2.50. The Balaban J connectivity index is 1.11. The third-order valence-electron chi connectivity index (χ3n) is 6.23. The average Bonchev–Trinajstić information content (AvgIpc) is 3.58. The predicted octanol–water partition coefficient (Wildman–Crippen LogP) is 3.68. The fourth-order valence-electron chi connectivity index (χ4n) is 4.34. The summed E-state index contributed by atoms with van der Waals surface area (Å²) < 4.78 is 6.45. The molecule has 1 N–H and O–H groups in total. The number of nitrogens with zero attached hydrogens (tertiary/aromatic N) is 7. The van der Waals surface area contributed by atoms with Crippen molar-refractivity contribution in [1.82, 2.24) is 28.6 Å². The summed E-state index contributed by atoms with van der Waals surface area (Å²) in [5, 5.41) is 4.24. The van der Waals surface area contributed by atoms with E-state index in [1.807, 2.05) is 76.2 Å². The lowest BCUT2D eigenvalue weighted by molar-refractivity contribution is -0.129. The number of benzene rings is 2. The number of amides is 1. The van der Waals surface area contributed by atoms with Gasteiger partial charge in [-0.3, -0.25) is 14.2 Å². The molecule has 0 saturated carbocycles. The second-order valence-electron chi connectivity index (χ2n) is 8.47. The molecule has 0 aliphatic carbocycles. The van der Waals surface area contributed by atoms with Crippen LogP contribution < -0.4 is 10.2 Å². The molecule has 5 aromatic rings. The molecular weight excluding hydrogens is 472 g/mol. The third kappa shape index (κ3) is 4.38. The van der Waals surface area contributed by atoms with Crippen molar-refractivity contribution < 1.29 is 4.79 Å². The zero-order valence-electron chi connectivity index (χ0n) is 19.5. The molecule has 2 aromatic carbocycles. The van der Waals surface area contributed by atoms with Gasteiger partial charge in [-0.05, 0) is 0 Å². The molecule has 36 heavy (non-hydrogen) atoms. The number of rotatable bonds is 6. The molecule has 0 unspecified atom stereocenters. The van der Waals surface area contributed by atoms with Gasteiger partial charge >= 0.3 is 0 Å². The van der Waals surface area contributed by atoms with E-state index >= 15 is 0 Å². The van der Waals surface area contributed by atoms with Crippen LogP contribution in [-0.4, -0.2) is 67.3 Å². The van der Waals surface area contributed by atoms with Crippen LogP contribution in [0.5, 0.6) is 0 Å². The highest BCUT2D eigenvalue weighted by atomic mass is 32.1. The monoisotopic (exact) mass is 496 g/mol. The Morgan fingerprint density at radius 3 is 2.39 bits per heavy atom. The smallest absolute Gasteiger partial charge is 0.242 e. The van der Waals surface area contributed by atoms with Crippen LogP contribution in [0.2, 0.25) is 0 Å². The zero-order valence-corrected chi connectivity index (χ0v) is 20.3. The van der Waals surface area contributed by atoms with Gasteiger partial charge in [-0.2, -0.15) is 9.36 Å². The van der Waals surface area contributed by atoms with Crippen LogP contribution in [0.15, 0.2) is 79.3 Å². The number of fused-ring (bicyclic) bond motifs is 1. The van der Waals surface area contributed by atoms with Gasteiger partial charge in [0.2, 0.25) is 11.0 Å². The zero-order chi connectivity index (χ0) is 24.3. The first-order chi connectivity index (χ1) is 17.8. The number of nitrogens with one attached hydrogen (secondary N) is 1. The molecule has 1 fully saturated rings. The van der Waals surface area contributed by atoms with Crippen LogP contribution in [-0.2, 0) is 4.79 Å². The lowest BCUT2D eigenvalue weighted by Gasteiger charge is -2.34. The molecule has 1 saturated heterocycles. The first-order valence-corrected chi connectivity index (χ1v) is 12.6. The maximum atomic E-state index is 13.1. The van der Waals surface area contributed by atoms with Crippen LogP contribution in [0.25, 0.3) is 28.3 Å². The first-order valence-electron chi connectivity index (χ1n) is 11.8. The molecule has 9 nitrogen and oxygen atoms in total. The molecule has 0 bridgehead atoms. The highest BCUT2D eigenvalue weighted by molar-refractivity contribution is 7.09. The van der Waals surface area contributed by atoms with E-state index < -0.39 is 0 Å². The molecule has 3 aromatic heterocycles. The summed E-state index contributed by atoms with van der Waals surface area (Å²) in [7, 11) is 0. The van der Waals surface area contributed by atoms with Gasteiger partial charge in [0.25, 0.3) is 0 Å². The summed E-state index contributed by atoms with van der Waals surface area (Å²) in [5.74, 6) is 1.59. The highest BCUT2D eigenvalue weighted by Crippen LogP contribution is 2.28. The largest absolute Gasteiger partial charge is 0.360 e. The number of imidazole rings is 1. The number of aromatic nitrogens is 5. The first kappa shape index (κ1) is 22.2. The molecule has 180 valence electrons. The van der Waals surface area contributed by atoms with Crippen LogP contribution in [0, 0.1) is 0 Å². The van der Waals surface area contributed by atoms with E-state index in [2.05, 4.69) is 19.6 Å². The summed E-state index contributed by atoms with van der Waals surface area (Å²) in [6, 6.07) is 19.9. The topological polar surface area (TPSA) is 91.6 Å². The third-order valence-corrected chi connectivity index (χ3v) is 7.01. The second-order valence-corrected chi connectivity index (χ2v) is 9.20. The van der Waals surface area contributed by atoms with Gasteiger partial charge < -0.3 is 15.1 Å². The van der Waals surface area contributed by atoms with Crippen molar-refractivity contribution in [2.75, 3.05) is 42.9 Å². The Kier molecular flexibility index (Phi) is 6.00. The standard InChI is InChI=1S/C26H24N8OS/c35-22(18-28-25-23(19-7-3-1-4-8-19)29-21-17-27-11-12-34(21)25)32-13-15-33(16-14-32)26-30-24(31-36-26)20-9-5-2-6-10-20/h1-12,17,28H,13-16,18H2.